The van der Waals surface area contributed by atoms with Gasteiger partial charge in [0.25, 0.3) is 0 Å². The van der Waals surface area contributed by atoms with Crippen LogP contribution in [0.3, 0.4) is 0 Å². The fourth-order valence-electron chi connectivity index (χ4n) is 3.11. The highest BCUT2D eigenvalue weighted by Gasteiger charge is 2.32. The molecule has 2 atom stereocenters. The average molecular weight is 671 g/mol. The van der Waals surface area contributed by atoms with E-state index >= 15 is 0 Å². The van der Waals surface area contributed by atoms with Gasteiger partial charge in [0.2, 0.25) is 0 Å². The minimum Gasteiger partial charge on any atom is -0.444 e. The predicted octanol–water partition coefficient (Wildman–Crippen LogP) is 4.88. The summed E-state index contributed by atoms with van der Waals surface area (Å²) in [7, 11) is 0. The number of benzene rings is 2. The molecule has 7 nitrogen and oxygen atoms in total. The van der Waals surface area contributed by atoms with E-state index in [0.717, 1.165) is 6.42 Å². The smallest absolute Gasteiger partial charge is 0.414 e. The van der Waals surface area contributed by atoms with E-state index in [0.29, 0.717) is 31.6 Å². The summed E-state index contributed by atoms with van der Waals surface area (Å²) >= 11 is 3.80. The molecule has 0 unspecified atom stereocenters. The van der Waals surface area contributed by atoms with Crippen LogP contribution in [0.4, 0.5) is 29.7 Å². The third kappa shape index (κ3) is 5.78. The van der Waals surface area contributed by atoms with Crippen LogP contribution in [0.2, 0.25) is 0 Å². The van der Waals surface area contributed by atoms with E-state index < -0.39 is 12.2 Å². The van der Waals surface area contributed by atoms with Gasteiger partial charge in [-0.15, -0.1) is 0 Å². The molecule has 2 aromatic rings. The fraction of sp³-hybridized carbons (Fsp3) is 0.333. The van der Waals surface area contributed by atoms with Crippen molar-refractivity contribution in [3.8, 4) is 0 Å². The molecule has 2 aromatic carbocycles. The number of ether oxygens (including phenoxy) is 2. The maximum absolute atomic E-state index is 13.4. The van der Waals surface area contributed by atoms with Crippen LogP contribution < -0.4 is 15.5 Å². The number of nitrogens with zero attached hydrogens (tertiary/aromatic N) is 2. The summed E-state index contributed by atoms with van der Waals surface area (Å²) in [5.74, 6) is -0.659. The molecule has 0 radical (unpaired) electrons. The van der Waals surface area contributed by atoms with Gasteiger partial charge in [0.05, 0.1) is 24.5 Å². The molecule has 11 heteroatoms. The van der Waals surface area contributed by atoms with Crippen LogP contribution in [0, 0.1) is 18.8 Å². The summed E-state index contributed by atoms with van der Waals surface area (Å²) in [6, 6.07) is 9.37. The van der Waals surface area contributed by atoms with Crippen molar-refractivity contribution in [2.45, 2.75) is 25.6 Å². The number of amides is 2. The summed E-state index contributed by atoms with van der Waals surface area (Å²) in [5.41, 5.74) is 6.46. The summed E-state index contributed by atoms with van der Waals surface area (Å²) in [5, 5.41) is 0. The first-order valence-electron chi connectivity index (χ1n) is 9.80. The zero-order valence-electron chi connectivity index (χ0n) is 17.1. The largest absolute Gasteiger partial charge is 0.444 e. The summed E-state index contributed by atoms with van der Waals surface area (Å²) < 4.78 is 37.8. The van der Waals surface area contributed by atoms with Gasteiger partial charge in [0.15, 0.2) is 0 Å². The summed E-state index contributed by atoms with van der Waals surface area (Å²) in [6.45, 7) is 3.09. The molecule has 172 valence electrons. The zero-order valence-corrected chi connectivity index (χ0v) is 21.4. The Bertz CT molecular complexity index is 932. The molecule has 0 spiro atoms. The molecule has 0 aromatic heterocycles. The molecule has 2 saturated heterocycles. The first-order valence-corrected chi connectivity index (χ1v) is 12.0. The SMILES string of the molecule is CC[C@H]1CN(c2ccc(I)c(F)c2)C(=O)O1.NC[C@H]1CN(c2ccc(I)c(F)c2)C(=O)O1. The summed E-state index contributed by atoms with van der Waals surface area (Å²) in [4.78, 5) is 25.8. The van der Waals surface area contributed by atoms with Gasteiger partial charge in [-0.2, -0.15) is 0 Å². The number of hydrogen-bond donors (Lipinski definition) is 1. The molecule has 2 N–H and O–H groups in total. The van der Waals surface area contributed by atoms with Crippen molar-refractivity contribution in [3.63, 3.8) is 0 Å². The van der Waals surface area contributed by atoms with Crippen LogP contribution in [0.15, 0.2) is 36.4 Å². The quantitative estimate of drug-likeness (QED) is 0.469. The number of carbonyl (C=O) groups is 2. The Hall–Kier alpha value is -1.74. The molecular weight excluding hydrogens is 650 g/mol. The van der Waals surface area contributed by atoms with Crippen molar-refractivity contribution in [2.24, 2.45) is 5.73 Å². The van der Waals surface area contributed by atoms with Crippen LogP contribution in [0.25, 0.3) is 0 Å². The van der Waals surface area contributed by atoms with Gasteiger partial charge in [-0.1, -0.05) is 6.92 Å². The second-order valence-electron chi connectivity index (χ2n) is 7.07. The number of halogens is 4. The van der Waals surface area contributed by atoms with Crippen molar-refractivity contribution in [2.75, 3.05) is 29.4 Å². The number of nitrogens with two attached hydrogens (primary N) is 1. The van der Waals surface area contributed by atoms with Crippen LogP contribution in [-0.4, -0.2) is 44.0 Å². The molecule has 2 aliphatic rings. The Morgan fingerprint density at radius 3 is 1.69 bits per heavy atom. The number of anilines is 2. The van der Waals surface area contributed by atoms with E-state index in [1.165, 1.54) is 21.9 Å². The van der Waals surface area contributed by atoms with Crippen molar-refractivity contribution < 1.29 is 27.8 Å². The van der Waals surface area contributed by atoms with E-state index in [4.69, 9.17) is 15.2 Å². The topological polar surface area (TPSA) is 85.1 Å². The highest BCUT2D eigenvalue weighted by Crippen LogP contribution is 2.26. The zero-order chi connectivity index (χ0) is 23.4. The Labute approximate surface area is 211 Å². The number of carbonyl (C=O) groups excluding carboxylic acids is 2. The third-order valence-corrected chi connectivity index (χ3v) is 6.65. The lowest BCUT2D eigenvalue weighted by Gasteiger charge is -2.13. The fourth-order valence-corrected chi connectivity index (χ4v) is 3.78. The molecular formula is C21H21F2I2N3O4. The van der Waals surface area contributed by atoms with Crippen LogP contribution in [0.5, 0.6) is 0 Å². The van der Waals surface area contributed by atoms with Crippen LogP contribution in [0.1, 0.15) is 13.3 Å². The number of rotatable bonds is 4. The van der Waals surface area contributed by atoms with Gasteiger partial charge >= 0.3 is 12.2 Å². The molecule has 0 saturated carbocycles. The van der Waals surface area contributed by atoms with Crippen LogP contribution in [-0.2, 0) is 9.47 Å². The minimum atomic E-state index is -0.476. The molecule has 2 amide bonds. The van der Waals surface area contributed by atoms with Crippen LogP contribution >= 0.6 is 45.2 Å². The minimum absolute atomic E-state index is 0.0881. The van der Waals surface area contributed by atoms with E-state index in [9.17, 15) is 18.4 Å². The second kappa shape index (κ2) is 10.9. The average Bonchev–Trinajstić information content (AvgIpc) is 3.34. The maximum Gasteiger partial charge on any atom is 0.414 e. The van der Waals surface area contributed by atoms with Gasteiger partial charge in [0, 0.05) is 13.7 Å². The Morgan fingerprint density at radius 1 is 0.906 bits per heavy atom. The molecule has 0 aliphatic carbocycles. The normalized spacial score (nSPS) is 20.1. The van der Waals surface area contributed by atoms with E-state index in [2.05, 4.69) is 0 Å². The summed E-state index contributed by atoms with van der Waals surface area (Å²) in [6.07, 6.45) is -0.497. The number of hydrogen-bond acceptors (Lipinski definition) is 5. The molecule has 2 aliphatic heterocycles. The van der Waals surface area contributed by atoms with Crippen molar-refractivity contribution in [1.29, 1.82) is 0 Å². The van der Waals surface area contributed by atoms with Gasteiger partial charge in [-0.25, -0.2) is 18.4 Å². The third-order valence-electron chi connectivity index (χ3n) is 4.90. The molecule has 2 fully saturated rings. The van der Waals surface area contributed by atoms with Crippen molar-refractivity contribution in [1.82, 2.24) is 0 Å². The maximum atomic E-state index is 13.4. The molecule has 32 heavy (non-hydrogen) atoms. The molecule has 2 heterocycles. The lowest BCUT2D eigenvalue weighted by atomic mass is 10.2. The van der Waals surface area contributed by atoms with E-state index in [1.54, 1.807) is 24.3 Å². The van der Waals surface area contributed by atoms with Gasteiger partial charge in [0.1, 0.15) is 23.8 Å². The first kappa shape index (κ1) is 24.9. The van der Waals surface area contributed by atoms with Crippen molar-refractivity contribution in [3.05, 3.63) is 55.2 Å². The predicted molar refractivity (Wildman–Crippen MR) is 133 cm³/mol. The van der Waals surface area contributed by atoms with Gasteiger partial charge < -0.3 is 15.2 Å². The highest BCUT2D eigenvalue weighted by atomic mass is 127. The molecule has 0 bridgehead atoms. The van der Waals surface area contributed by atoms with Crippen molar-refractivity contribution >= 4 is 68.7 Å². The van der Waals surface area contributed by atoms with Gasteiger partial charge in [-0.05, 0) is 88.0 Å². The highest BCUT2D eigenvalue weighted by molar-refractivity contribution is 14.1. The Balaban J connectivity index is 0.000000181. The molecule has 4 rings (SSSR count). The lowest BCUT2D eigenvalue weighted by Crippen LogP contribution is -2.27. The first-order chi connectivity index (χ1) is 15.2. The second-order valence-corrected chi connectivity index (χ2v) is 9.40. The van der Waals surface area contributed by atoms with E-state index in [-0.39, 0.29) is 30.4 Å². The Kier molecular flexibility index (Phi) is 8.49. The monoisotopic (exact) mass is 671 g/mol. The van der Waals surface area contributed by atoms with Gasteiger partial charge in [-0.3, -0.25) is 9.80 Å². The Morgan fingerprint density at radius 2 is 1.34 bits per heavy atom. The van der Waals surface area contributed by atoms with E-state index in [1.807, 2.05) is 52.1 Å². The number of cyclic esters (lactones) is 2. The lowest BCUT2D eigenvalue weighted by molar-refractivity contribution is 0.139. The standard InChI is InChI=1S/C11H11FINO2.C10H10FIN2O2/c1-2-8-6-14(11(15)16-8)7-3-4-10(13)9(12)5-7;11-8-3-6(1-2-9(8)12)14-5-7(4-13)16-10(14)15/h3-5,8H,2,6H2,1H3;1-3,7H,4-5,13H2/t8-;7-/m00/s1.